The van der Waals surface area contributed by atoms with Gasteiger partial charge in [-0.2, -0.15) is 4.98 Å². The lowest BCUT2D eigenvalue weighted by Crippen LogP contribution is -2.40. The first-order chi connectivity index (χ1) is 20.4. The summed E-state index contributed by atoms with van der Waals surface area (Å²) in [6.07, 6.45) is 0.814. The van der Waals surface area contributed by atoms with Gasteiger partial charge < -0.3 is 34.1 Å². The summed E-state index contributed by atoms with van der Waals surface area (Å²) in [4.78, 5) is 47.4. The van der Waals surface area contributed by atoms with E-state index in [0.717, 1.165) is 12.0 Å². The average Bonchev–Trinajstić information content (AvgIpc) is 3.32. The molecule has 2 aromatic carbocycles. The molecule has 1 amide bonds. The SMILES string of the molecule is COC(=O)c1ccc2nc(CN(CC(=O)O)C(=O)CNc3cccc(OCc4ccccc4)n3)n(C[C@@H]3CCO3)c2c1. The number of hydrogen-bond acceptors (Lipinski definition) is 9. The summed E-state index contributed by atoms with van der Waals surface area (Å²) in [5, 5.41) is 12.5. The fourth-order valence-electron chi connectivity index (χ4n) is 4.54. The normalized spacial score (nSPS) is 14.2. The molecule has 2 aromatic heterocycles. The van der Waals surface area contributed by atoms with Crippen LogP contribution in [0, 0.1) is 0 Å². The van der Waals surface area contributed by atoms with Gasteiger partial charge in [0.15, 0.2) is 0 Å². The van der Waals surface area contributed by atoms with E-state index >= 15 is 0 Å². The van der Waals surface area contributed by atoms with Crippen molar-refractivity contribution in [2.75, 3.05) is 32.1 Å². The molecule has 4 aromatic rings. The number of hydrogen-bond donors (Lipinski definition) is 2. The predicted octanol–water partition coefficient (Wildman–Crippen LogP) is 3.11. The van der Waals surface area contributed by atoms with Gasteiger partial charge in [-0.15, -0.1) is 0 Å². The number of pyridine rings is 1. The van der Waals surface area contributed by atoms with Gasteiger partial charge in [0.1, 0.15) is 24.8 Å². The second kappa shape index (κ2) is 13.1. The van der Waals surface area contributed by atoms with E-state index in [9.17, 15) is 19.5 Å². The standard InChI is InChI=1S/C30H31N5O7/c1-40-30(39)21-10-11-23-24(14-21)35(16-22-12-13-41-22)26(32-23)17-34(18-29(37)38)28(36)15-31-25-8-5-9-27(33-25)42-19-20-6-3-2-4-7-20/h2-11,14,22H,12-13,15-19H2,1H3,(H,31,33)(H,37,38)/t22-/m0/s1. The molecular weight excluding hydrogens is 542 g/mol. The zero-order chi connectivity index (χ0) is 29.5. The molecule has 1 aliphatic rings. The fourth-order valence-corrected chi connectivity index (χ4v) is 4.54. The minimum absolute atomic E-state index is 0.0457. The van der Waals surface area contributed by atoms with Crippen LogP contribution in [0.4, 0.5) is 5.82 Å². The fraction of sp³-hybridized carbons (Fsp3) is 0.300. The second-order valence-electron chi connectivity index (χ2n) is 9.75. The third kappa shape index (κ3) is 7.02. The third-order valence-corrected chi connectivity index (χ3v) is 6.81. The van der Waals surface area contributed by atoms with Crippen LogP contribution in [0.15, 0.2) is 66.7 Å². The highest BCUT2D eigenvalue weighted by atomic mass is 16.5. The molecule has 0 unspecified atom stereocenters. The number of rotatable bonds is 13. The van der Waals surface area contributed by atoms with E-state index in [2.05, 4.69) is 15.3 Å². The minimum Gasteiger partial charge on any atom is -0.480 e. The Labute approximate surface area is 241 Å². The van der Waals surface area contributed by atoms with Crippen LogP contribution in [0.1, 0.15) is 28.2 Å². The lowest BCUT2D eigenvalue weighted by Gasteiger charge is -2.28. The summed E-state index contributed by atoms with van der Waals surface area (Å²) in [5.41, 5.74) is 2.63. The van der Waals surface area contributed by atoms with Crippen LogP contribution in [-0.2, 0) is 38.8 Å². The maximum atomic E-state index is 13.3. The Bertz CT molecular complexity index is 1570. The molecule has 1 aliphatic heterocycles. The number of carboxylic acids is 1. The van der Waals surface area contributed by atoms with Crippen molar-refractivity contribution in [1.82, 2.24) is 19.4 Å². The Morgan fingerprint density at radius 3 is 2.62 bits per heavy atom. The molecule has 5 rings (SSSR count). The monoisotopic (exact) mass is 573 g/mol. The van der Waals surface area contributed by atoms with E-state index < -0.39 is 24.4 Å². The van der Waals surface area contributed by atoms with Crippen molar-refractivity contribution in [2.45, 2.75) is 32.2 Å². The molecule has 42 heavy (non-hydrogen) atoms. The molecule has 0 aliphatic carbocycles. The maximum Gasteiger partial charge on any atom is 0.337 e. The number of nitrogens with one attached hydrogen (secondary N) is 1. The topological polar surface area (TPSA) is 145 Å². The van der Waals surface area contributed by atoms with Crippen LogP contribution in [-0.4, -0.2) is 75.3 Å². The molecule has 3 heterocycles. The number of imidazole rings is 1. The van der Waals surface area contributed by atoms with Crippen molar-refractivity contribution < 1.29 is 33.7 Å². The first-order valence-electron chi connectivity index (χ1n) is 13.5. The zero-order valence-electron chi connectivity index (χ0n) is 23.1. The van der Waals surface area contributed by atoms with Crippen molar-refractivity contribution in [3.63, 3.8) is 0 Å². The smallest absolute Gasteiger partial charge is 0.337 e. The highest BCUT2D eigenvalue weighted by molar-refractivity contribution is 5.93. The molecule has 12 nitrogen and oxygen atoms in total. The summed E-state index contributed by atoms with van der Waals surface area (Å²) < 4.78 is 18.1. The number of carbonyl (C=O) groups is 3. The number of nitrogens with zero attached hydrogens (tertiary/aromatic N) is 4. The molecule has 1 atom stereocenters. The van der Waals surface area contributed by atoms with Crippen molar-refractivity contribution in [3.8, 4) is 5.88 Å². The van der Waals surface area contributed by atoms with Crippen molar-refractivity contribution in [1.29, 1.82) is 0 Å². The lowest BCUT2D eigenvalue weighted by atomic mass is 10.1. The van der Waals surface area contributed by atoms with Crippen molar-refractivity contribution in [2.24, 2.45) is 0 Å². The Hall–Kier alpha value is -4.97. The largest absolute Gasteiger partial charge is 0.480 e. The van der Waals surface area contributed by atoms with Crippen molar-refractivity contribution >= 4 is 34.7 Å². The maximum absolute atomic E-state index is 13.3. The van der Waals surface area contributed by atoms with E-state index in [0.29, 0.717) is 53.9 Å². The van der Waals surface area contributed by atoms with E-state index in [1.54, 1.807) is 36.4 Å². The number of amides is 1. The summed E-state index contributed by atoms with van der Waals surface area (Å²) in [6.45, 7) is 0.670. The van der Waals surface area contributed by atoms with Crippen LogP contribution in [0.25, 0.3) is 11.0 Å². The molecule has 2 N–H and O–H groups in total. The molecule has 12 heteroatoms. The number of aliphatic carboxylic acids is 1. The highest BCUT2D eigenvalue weighted by Crippen LogP contribution is 2.24. The van der Waals surface area contributed by atoms with Gasteiger partial charge in [0.05, 0.1) is 49.4 Å². The van der Waals surface area contributed by atoms with Crippen LogP contribution in [0.5, 0.6) is 5.88 Å². The second-order valence-corrected chi connectivity index (χ2v) is 9.75. The van der Waals surface area contributed by atoms with Gasteiger partial charge in [-0.25, -0.2) is 9.78 Å². The van der Waals surface area contributed by atoms with E-state index in [4.69, 9.17) is 14.2 Å². The molecular formula is C30H31N5O7. The lowest BCUT2D eigenvalue weighted by molar-refractivity contribution is -0.144. The van der Waals surface area contributed by atoms with Gasteiger partial charge in [-0.05, 0) is 36.2 Å². The third-order valence-electron chi connectivity index (χ3n) is 6.81. The van der Waals surface area contributed by atoms with Gasteiger partial charge in [-0.1, -0.05) is 36.4 Å². The van der Waals surface area contributed by atoms with E-state index in [-0.39, 0.29) is 19.2 Å². The summed E-state index contributed by atoms with van der Waals surface area (Å²) >= 11 is 0. The number of ether oxygens (including phenoxy) is 3. The van der Waals surface area contributed by atoms with Gasteiger partial charge in [0.2, 0.25) is 11.8 Å². The van der Waals surface area contributed by atoms with Crippen LogP contribution in [0.2, 0.25) is 0 Å². The Kier molecular flexibility index (Phi) is 8.93. The Morgan fingerprint density at radius 2 is 1.90 bits per heavy atom. The minimum atomic E-state index is -1.16. The number of methoxy groups -OCH3 is 1. The van der Waals surface area contributed by atoms with E-state index in [1.807, 2.05) is 34.9 Å². The van der Waals surface area contributed by atoms with Gasteiger partial charge in [-0.3, -0.25) is 9.59 Å². The number of fused-ring (bicyclic) bond motifs is 1. The number of benzene rings is 2. The highest BCUT2D eigenvalue weighted by Gasteiger charge is 2.25. The molecule has 0 spiro atoms. The van der Waals surface area contributed by atoms with Gasteiger partial charge in [0.25, 0.3) is 0 Å². The number of carbonyl (C=O) groups excluding carboxylic acids is 2. The van der Waals surface area contributed by atoms with Gasteiger partial charge in [0, 0.05) is 12.7 Å². The first-order valence-corrected chi connectivity index (χ1v) is 13.5. The Morgan fingerprint density at radius 1 is 1.10 bits per heavy atom. The van der Waals surface area contributed by atoms with E-state index in [1.165, 1.54) is 12.0 Å². The summed E-state index contributed by atoms with van der Waals surface area (Å²) in [6, 6.07) is 19.8. The van der Waals surface area contributed by atoms with Crippen LogP contribution in [0.3, 0.4) is 0 Å². The summed E-state index contributed by atoms with van der Waals surface area (Å²) in [7, 11) is 1.31. The summed E-state index contributed by atoms with van der Waals surface area (Å²) in [5.74, 6) is -0.820. The molecule has 0 radical (unpaired) electrons. The predicted molar refractivity (Wildman–Crippen MR) is 152 cm³/mol. The molecule has 0 bridgehead atoms. The molecule has 218 valence electrons. The first kappa shape index (κ1) is 28.6. The quantitative estimate of drug-likeness (QED) is 0.229. The number of anilines is 1. The van der Waals surface area contributed by atoms with Crippen molar-refractivity contribution in [3.05, 3.63) is 83.7 Å². The average molecular weight is 574 g/mol. The molecule has 0 saturated carbocycles. The number of aromatic nitrogens is 3. The molecule has 1 fully saturated rings. The van der Waals surface area contributed by atoms with Crippen LogP contribution < -0.4 is 10.1 Å². The van der Waals surface area contributed by atoms with Crippen LogP contribution >= 0.6 is 0 Å². The number of carboxylic acid groups (broad SMARTS) is 1. The molecule has 1 saturated heterocycles. The zero-order valence-corrected chi connectivity index (χ0v) is 23.1. The number of esters is 1. The Balaban J connectivity index is 1.31. The van der Waals surface area contributed by atoms with Gasteiger partial charge >= 0.3 is 11.9 Å².